The largest absolute Gasteiger partial charge is 0.492 e. The van der Waals surface area contributed by atoms with Crippen LogP contribution in [0.3, 0.4) is 0 Å². The Balaban J connectivity index is 1.70. The first-order valence-corrected chi connectivity index (χ1v) is 9.39. The van der Waals surface area contributed by atoms with Crippen molar-refractivity contribution < 1.29 is 23.5 Å². The Labute approximate surface area is 172 Å². The molecule has 3 heterocycles. The molecule has 1 saturated heterocycles. The molecule has 152 valence electrons. The standard InChI is InChI=1S/C22H19N3O5/c1-2-29-19-10-4-3-9-18(19)24-11-5-7-15(24)13-17-20(26)23-22(28)25(21(17)27)14-16-8-6-12-30-16/h3-13H,2,14H2,1H3,(H,23,26,28)/b17-13-. The van der Waals surface area contributed by atoms with Crippen LogP contribution in [-0.2, 0) is 16.1 Å². The van der Waals surface area contributed by atoms with Gasteiger partial charge in [0, 0.05) is 11.9 Å². The van der Waals surface area contributed by atoms with Gasteiger partial charge in [-0.1, -0.05) is 12.1 Å². The van der Waals surface area contributed by atoms with E-state index in [1.807, 2.05) is 35.8 Å². The summed E-state index contributed by atoms with van der Waals surface area (Å²) in [7, 11) is 0. The van der Waals surface area contributed by atoms with Gasteiger partial charge in [0.1, 0.15) is 17.1 Å². The molecule has 0 radical (unpaired) electrons. The van der Waals surface area contributed by atoms with Crippen molar-refractivity contribution in [2.24, 2.45) is 0 Å². The van der Waals surface area contributed by atoms with E-state index in [2.05, 4.69) is 5.32 Å². The highest BCUT2D eigenvalue weighted by atomic mass is 16.5. The molecule has 0 spiro atoms. The number of rotatable bonds is 6. The van der Waals surface area contributed by atoms with Crippen LogP contribution in [0.15, 0.2) is 71.0 Å². The van der Waals surface area contributed by atoms with E-state index in [1.165, 1.54) is 12.3 Å². The van der Waals surface area contributed by atoms with Crippen LogP contribution in [0.5, 0.6) is 5.75 Å². The zero-order chi connectivity index (χ0) is 21.1. The topological polar surface area (TPSA) is 93.8 Å². The molecule has 0 aliphatic carbocycles. The fourth-order valence-corrected chi connectivity index (χ4v) is 3.21. The van der Waals surface area contributed by atoms with Crippen molar-refractivity contribution in [1.82, 2.24) is 14.8 Å². The number of para-hydroxylation sites is 2. The fourth-order valence-electron chi connectivity index (χ4n) is 3.21. The van der Waals surface area contributed by atoms with E-state index in [1.54, 1.807) is 30.5 Å². The molecule has 1 N–H and O–H groups in total. The van der Waals surface area contributed by atoms with Gasteiger partial charge in [-0.05, 0) is 49.4 Å². The average Bonchev–Trinajstić information content (AvgIpc) is 3.41. The molecular formula is C22H19N3O5. The second-order valence-electron chi connectivity index (χ2n) is 6.49. The molecule has 0 saturated carbocycles. The lowest BCUT2D eigenvalue weighted by Crippen LogP contribution is -2.53. The van der Waals surface area contributed by atoms with E-state index >= 15 is 0 Å². The molecule has 3 aromatic rings. The number of hydrogen-bond donors (Lipinski definition) is 1. The Hall–Kier alpha value is -4.07. The first-order chi connectivity index (χ1) is 14.6. The number of hydrogen-bond acceptors (Lipinski definition) is 5. The first-order valence-electron chi connectivity index (χ1n) is 9.39. The molecule has 4 amide bonds. The van der Waals surface area contributed by atoms with Crippen LogP contribution in [0.4, 0.5) is 4.79 Å². The first kappa shape index (κ1) is 19.3. The van der Waals surface area contributed by atoms with Gasteiger partial charge in [0.25, 0.3) is 11.8 Å². The van der Waals surface area contributed by atoms with Crippen LogP contribution >= 0.6 is 0 Å². The quantitative estimate of drug-likeness (QED) is 0.502. The number of benzene rings is 1. The molecule has 1 aliphatic heterocycles. The normalized spacial score (nSPS) is 15.6. The SMILES string of the molecule is CCOc1ccccc1-n1cccc1/C=C1/C(=O)NC(=O)N(Cc2ccco2)C1=O. The Morgan fingerprint density at radius 2 is 1.90 bits per heavy atom. The number of carbonyl (C=O) groups is 3. The number of amides is 4. The molecule has 0 bridgehead atoms. The lowest BCUT2D eigenvalue weighted by Gasteiger charge is -2.25. The summed E-state index contributed by atoms with van der Waals surface area (Å²) in [6.45, 7) is 2.32. The third-order valence-electron chi connectivity index (χ3n) is 4.58. The van der Waals surface area contributed by atoms with Crippen LogP contribution < -0.4 is 10.1 Å². The average molecular weight is 405 g/mol. The van der Waals surface area contributed by atoms with Crippen molar-refractivity contribution in [2.45, 2.75) is 13.5 Å². The highest BCUT2D eigenvalue weighted by Crippen LogP contribution is 2.26. The van der Waals surface area contributed by atoms with E-state index in [4.69, 9.17) is 9.15 Å². The number of urea groups is 1. The number of imide groups is 2. The second kappa shape index (κ2) is 8.12. The lowest BCUT2D eigenvalue weighted by molar-refractivity contribution is -0.130. The minimum Gasteiger partial charge on any atom is -0.492 e. The number of nitrogens with one attached hydrogen (secondary N) is 1. The van der Waals surface area contributed by atoms with Crippen LogP contribution in [0.25, 0.3) is 11.8 Å². The summed E-state index contributed by atoms with van der Waals surface area (Å²) in [5.74, 6) is -0.330. The molecule has 1 fully saturated rings. The van der Waals surface area contributed by atoms with Gasteiger partial charge in [0.15, 0.2) is 0 Å². The molecule has 1 aromatic carbocycles. The van der Waals surface area contributed by atoms with Crippen molar-refractivity contribution >= 4 is 23.9 Å². The van der Waals surface area contributed by atoms with E-state index in [9.17, 15) is 14.4 Å². The molecular weight excluding hydrogens is 386 g/mol. The highest BCUT2D eigenvalue weighted by molar-refractivity contribution is 6.30. The third-order valence-corrected chi connectivity index (χ3v) is 4.58. The zero-order valence-electron chi connectivity index (χ0n) is 16.2. The van der Waals surface area contributed by atoms with Crippen molar-refractivity contribution in [1.29, 1.82) is 0 Å². The fraction of sp³-hybridized carbons (Fsp3) is 0.136. The van der Waals surface area contributed by atoms with Crippen LogP contribution in [0, 0.1) is 0 Å². The molecule has 0 atom stereocenters. The van der Waals surface area contributed by atoms with Crippen LogP contribution in [0.2, 0.25) is 0 Å². The van der Waals surface area contributed by atoms with Crippen molar-refractivity contribution in [3.8, 4) is 11.4 Å². The summed E-state index contributed by atoms with van der Waals surface area (Å²) in [5.41, 5.74) is 1.21. The van der Waals surface area contributed by atoms with Crippen molar-refractivity contribution in [3.05, 3.63) is 78.0 Å². The predicted molar refractivity (Wildman–Crippen MR) is 108 cm³/mol. The van der Waals surface area contributed by atoms with Crippen LogP contribution in [-0.4, -0.2) is 33.9 Å². The van der Waals surface area contributed by atoms with Gasteiger partial charge in [0.2, 0.25) is 0 Å². The van der Waals surface area contributed by atoms with Gasteiger partial charge in [-0.25, -0.2) is 4.79 Å². The van der Waals surface area contributed by atoms with Gasteiger partial charge in [-0.3, -0.25) is 19.8 Å². The maximum atomic E-state index is 12.9. The molecule has 8 nitrogen and oxygen atoms in total. The number of furan rings is 1. The molecule has 30 heavy (non-hydrogen) atoms. The number of ether oxygens (including phenoxy) is 1. The molecule has 1 aliphatic rings. The summed E-state index contributed by atoms with van der Waals surface area (Å²) < 4.78 is 12.7. The molecule has 8 heteroatoms. The van der Waals surface area contributed by atoms with Crippen LogP contribution in [0.1, 0.15) is 18.4 Å². The van der Waals surface area contributed by atoms with Gasteiger partial charge >= 0.3 is 6.03 Å². The maximum absolute atomic E-state index is 12.9. The van der Waals surface area contributed by atoms with Gasteiger partial charge < -0.3 is 13.7 Å². The summed E-state index contributed by atoms with van der Waals surface area (Å²) in [5, 5.41) is 2.21. The van der Waals surface area contributed by atoms with E-state index < -0.39 is 17.8 Å². The minimum atomic E-state index is -0.782. The summed E-state index contributed by atoms with van der Waals surface area (Å²) in [6, 6.07) is 13.6. The second-order valence-corrected chi connectivity index (χ2v) is 6.49. The number of nitrogens with zero attached hydrogens (tertiary/aromatic N) is 2. The van der Waals surface area contributed by atoms with E-state index in [0.29, 0.717) is 23.8 Å². The Morgan fingerprint density at radius 3 is 2.67 bits per heavy atom. The van der Waals surface area contributed by atoms with Crippen molar-refractivity contribution in [2.75, 3.05) is 6.61 Å². The predicted octanol–water partition coefficient (Wildman–Crippen LogP) is 3.13. The highest BCUT2D eigenvalue weighted by Gasteiger charge is 2.36. The number of barbiturate groups is 1. The summed E-state index contributed by atoms with van der Waals surface area (Å²) in [6.07, 6.45) is 4.72. The Kier molecular flexibility index (Phi) is 5.21. The van der Waals surface area contributed by atoms with Gasteiger partial charge in [0.05, 0.1) is 25.1 Å². The number of aromatic nitrogens is 1. The maximum Gasteiger partial charge on any atom is 0.331 e. The smallest absolute Gasteiger partial charge is 0.331 e. The summed E-state index contributed by atoms with van der Waals surface area (Å²) in [4.78, 5) is 38.4. The minimum absolute atomic E-state index is 0.0729. The van der Waals surface area contributed by atoms with Gasteiger partial charge in [-0.2, -0.15) is 0 Å². The third kappa shape index (κ3) is 3.62. The summed E-state index contributed by atoms with van der Waals surface area (Å²) >= 11 is 0. The van der Waals surface area contributed by atoms with Crippen molar-refractivity contribution in [3.63, 3.8) is 0 Å². The molecule has 2 aromatic heterocycles. The monoisotopic (exact) mass is 405 g/mol. The lowest BCUT2D eigenvalue weighted by atomic mass is 10.1. The Bertz CT molecular complexity index is 1130. The molecule has 0 unspecified atom stereocenters. The van der Waals surface area contributed by atoms with E-state index in [0.717, 1.165) is 10.6 Å². The molecule has 4 rings (SSSR count). The van der Waals surface area contributed by atoms with Gasteiger partial charge in [-0.15, -0.1) is 0 Å². The number of carbonyl (C=O) groups excluding carboxylic acids is 3. The van der Waals surface area contributed by atoms with E-state index in [-0.39, 0.29) is 12.1 Å². The zero-order valence-corrected chi connectivity index (χ0v) is 16.2. The Morgan fingerprint density at radius 1 is 1.07 bits per heavy atom.